The largest absolute Gasteiger partial charge is 0.327 e. The minimum atomic E-state index is -0.680. The van der Waals surface area contributed by atoms with Crippen LogP contribution in [0.2, 0.25) is 5.02 Å². The van der Waals surface area contributed by atoms with Crippen LogP contribution < -0.4 is 0 Å². The molecule has 2 aromatic heterocycles. The zero-order valence-corrected chi connectivity index (χ0v) is 15.2. The summed E-state index contributed by atoms with van der Waals surface area (Å²) in [5.74, 6) is -0.750. The first kappa shape index (κ1) is 17.4. The molecule has 138 valence electrons. The van der Waals surface area contributed by atoms with E-state index < -0.39 is 5.95 Å². The fourth-order valence-electron chi connectivity index (χ4n) is 3.34. The molecule has 1 aliphatic heterocycles. The molecule has 4 rings (SSSR count). The highest BCUT2D eigenvalue weighted by molar-refractivity contribution is 6.31. The van der Waals surface area contributed by atoms with Gasteiger partial charge in [-0.1, -0.05) is 35.9 Å². The van der Waals surface area contributed by atoms with Gasteiger partial charge in [0.1, 0.15) is 5.69 Å². The van der Waals surface area contributed by atoms with Crippen LogP contribution in [0.4, 0.5) is 4.39 Å². The molecular weight excluding hydrogens is 371 g/mol. The average Bonchev–Trinajstić information content (AvgIpc) is 3.30. The molecule has 0 saturated carbocycles. The Morgan fingerprint density at radius 3 is 2.85 bits per heavy atom. The topological polar surface area (TPSA) is 79.7 Å². The van der Waals surface area contributed by atoms with E-state index >= 15 is 0 Å². The summed E-state index contributed by atoms with van der Waals surface area (Å²) in [6, 6.07) is 7.33. The van der Waals surface area contributed by atoms with E-state index in [0.29, 0.717) is 23.6 Å². The SMILES string of the molecule is Cn1ncc(Cl)c1CC1c2ccccc2C(=O)N1C/C=C/c1n[nH]nc1F. The highest BCUT2D eigenvalue weighted by Crippen LogP contribution is 2.36. The Kier molecular flexibility index (Phi) is 4.49. The van der Waals surface area contributed by atoms with Gasteiger partial charge in [0.05, 0.1) is 23.0 Å². The summed E-state index contributed by atoms with van der Waals surface area (Å²) < 4.78 is 15.1. The molecule has 1 aromatic carbocycles. The van der Waals surface area contributed by atoms with E-state index in [0.717, 1.165) is 11.3 Å². The maximum absolute atomic E-state index is 13.4. The standard InChI is InChI=1S/C18H16ClFN6O/c1-25-16(13(19)10-21-25)9-15-11-5-2-3-6-12(11)18(27)26(15)8-4-7-14-17(20)23-24-22-14/h2-7,10,15H,8-9H2,1H3,(H,22,23,24)/b7-4+. The van der Waals surface area contributed by atoms with Gasteiger partial charge in [-0.2, -0.15) is 19.8 Å². The Labute approximate surface area is 159 Å². The van der Waals surface area contributed by atoms with Crippen LogP contribution >= 0.6 is 11.6 Å². The number of amides is 1. The number of carbonyl (C=O) groups excluding carboxylic acids is 1. The first-order chi connectivity index (χ1) is 13.1. The van der Waals surface area contributed by atoms with Crippen molar-refractivity contribution < 1.29 is 9.18 Å². The second-order valence-corrected chi connectivity index (χ2v) is 6.64. The van der Waals surface area contributed by atoms with Crippen molar-refractivity contribution in [2.45, 2.75) is 12.5 Å². The number of aromatic nitrogens is 5. The molecule has 0 saturated heterocycles. The second kappa shape index (κ2) is 6.96. The van der Waals surface area contributed by atoms with Crippen molar-refractivity contribution >= 4 is 23.6 Å². The van der Waals surface area contributed by atoms with Crippen molar-refractivity contribution in [3.8, 4) is 0 Å². The molecule has 1 amide bonds. The monoisotopic (exact) mass is 386 g/mol. The summed E-state index contributed by atoms with van der Waals surface area (Å²) >= 11 is 6.26. The minimum Gasteiger partial charge on any atom is -0.327 e. The van der Waals surface area contributed by atoms with Crippen LogP contribution in [0.3, 0.4) is 0 Å². The van der Waals surface area contributed by atoms with Gasteiger partial charge >= 0.3 is 0 Å². The fourth-order valence-corrected chi connectivity index (χ4v) is 3.58. The van der Waals surface area contributed by atoms with E-state index in [1.54, 1.807) is 21.9 Å². The highest BCUT2D eigenvalue weighted by atomic mass is 35.5. The molecular formula is C18H16ClFN6O. The third-order valence-electron chi connectivity index (χ3n) is 4.69. The summed E-state index contributed by atoms with van der Waals surface area (Å²) in [6.45, 7) is 0.306. The number of fused-ring (bicyclic) bond motifs is 1. The van der Waals surface area contributed by atoms with E-state index in [4.69, 9.17) is 11.6 Å². The molecule has 9 heteroatoms. The number of hydrogen-bond donors (Lipinski definition) is 1. The maximum atomic E-state index is 13.4. The van der Waals surface area contributed by atoms with Crippen molar-refractivity contribution in [3.63, 3.8) is 0 Å². The first-order valence-corrected chi connectivity index (χ1v) is 8.73. The molecule has 0 radical (unpaired) electrons. The fraction of sp³-hybridized carbons (Fsp3) is 0.222. The van der Waals surface area contributed by atoms with E-state index in [2.05, 4.69) is 20.5 Å². The van der Waals surface area contributed by atoms with Crippen molar-refractivity contribution in [2.75, 3.05) is 6.54 Å². The molecule has 3 heterocycles. The molecule has 0 fully saturated rings. The van der Waals surface area contributed by atoms with Crippen molar-refractivity contribution in [1.82, 2.24) is 30.1 Å². The lowest BCUT2D eigenvalue weighted by atomic mass is 10.0. The van der Waals surface area contributed by atoms with Gasteiger partial charge in [0.2, 0.25) is 0 Å². The van der Waals surface area contributed by atoms with Crippen LogP contribution in [0, 0.1) is 5.95 Å². The van der Waals surface area contributed by atoms with Gasteiger partial charge in [0, 0.05) is 25.6 Å². The number of aryl methyl sites for hydroxylation is 1. The van der Waals surface area contributed by atoms with Crippen LogP contribution in [-0.4, -0.2) is 42.5 Å². The quantitative estimate of drug-likeness (QED) is 0.731. The lowest BCUT2D eigenvalue weighted by Gasteiger charge is -2.24. The molecule has 1 aliphatic rings. The number of hydrogen-bond acceptors (Lipinski definition) is 4. The normalized spacial score (nSPS) is 16.5. The van der Waals surface area contributed by atoms with Gasteiger partial charge < -0.3 is 4.90 Å². The summed E-state index contributed by atoms with van der Waals surface area (Å²) in [5.41, 5.74) is 2.57. The number of nitrogens with zero attached hydrogens (tertiary/aromatic N) is 5. The minimum absolute atomic E-state index is 0.0702. The summed E-state index contributed by atoms with van der Waals surface area (Å²) in [5, 5.41) is 14.0. The van der Waals surface area contributed by atoms with E-state index in [9.17, 15) is 9.18 Å². The number of rotatable bonds is 5. The highest BCUT2D eigenvalue weighted by Gasteiger charge is 2.36. The predicted octanol–water partition coefficient (Wildman–Crippen LogP) is 2.78. The van der Waals surface area contributed by atoms with Crippen molar-refractivity contribution in [1.29, 1.82) is 0 Å². The molecule has 3 aromatic rings. The molecule has 27 heavy (non-hydrogen) atoms. The molecule has 1 atom stereocenters. The third kappa shape index (κ3) is 3.12. The van der Waals surface area contributed by atoms with E-state index in [1.165, 1.54) is 6.08 Å². The average molecular weight is 387 g/mol. The Morgan fingerprint density at radius 2 is 2.15 bits per heavy atom. The van der Waals surface area contributed by atoms with Gasteiger partial charge in [-0.15, -0.1) is 5.10 Å². The van der Waals surface area contributed by atoms with Crippen molar-refractivity contribution in [2.24, 2.45) is 7.05 Å². The summed E-state index contributed by atoms with van der Waals surface area (Å²) in [6.07, 6.45) is 5.33. The van der Waals surface area contributed by atoms with E-state index in [-0.39, 0.29) is 17.6 Å². The molecule has 1 N–H and O–H groups in total. The van der Waals surface area contributed by atoms with Crippen LogP contribution in [0.1, 0.15) is 33.4 Å². The number of carbonyl (C=O) groups is 1. The Morgan fingerprint density at radius 1 is 1.33 bits per heavy atom. The Hall–Kier alpha value is -3.00. The van der Waals surface area contributed by atoms with Gasteiger partial charge in [-0.3, -0.25) is 9.48 Å². The molecule has 7 nitrogen and oxygen atoms in total. The van der Waals surface area contributed by atoms with Crippen LogP contribution in [0.15, 0.2) is 36.5 Å². The number of benzene rings is 1. The maximum Gasteiger partial charge on any atom is 0.259 e. The lowest BCUT2D eigenvalue weighted by molar-refractivity contribution is 0.0746. The van der Waals surface area contributed by atoms with Gasteiger partial charge in [0.25, 0.3) is 11.9 Å². The zero-order valence-electron chi connectivity index (χ0n) is 14.4. The first-order valence-electron chi connectivity index (χ1n) is 8.35. The zero-order chi connectivity index (χ0) is 19.0. The van der Waals surface area contributed by atoms with Crippen LogP contribution in [0.5, 0.6) is 0 Å². The van der Waals surface area contributed by atoms with Gasteiger partial charge in [0.15, 0.2) is 0 Å². The number of halogens is 2. The molecule has 1 unspecified atom stereocenters. The predicted molar refractivity (Wildman–Crippen MR) is 97.5 cm³/mol. The second-order valence-electron chi connectivity index (χ2n) is 6.23. The summed E-state index contributed by atoms with van der Waals surface area (Å²) in [7, 11) is 1.82. The van der Waals surface area contributed by atoms with Gasteiger partial charge in [-0.05, 0) is 17.7 Å². The number of nitrogens with one attached hydrogen (secondary N) is 1. The molecule has 0 aliphatic carbocycles. The number of aromatic amines is 1. The van der Waals surface area contributed by atoms with Gasteiger partial charge in [-0.25, -0.2) is 0 Å². The van der Waals surface area contributed by atoms with Crippen molar-refractivity contribution in [3.05, 3.63) is 70.0 Å². The lowest BCUT2D eigenvalue weighted by Crippen LogP contribution is -2.30. The Bertz CT molecular complexity index is 1010. The third-order valence-corrected chi connectivity index (χ3v) is 5.01. The van der Waals surface area contributed by atoms with Crippen LogP contribution in [0.25, 0.3) is 6.08 Å². The Balaban J connectivity index is 1.63. The van der Waals surface area contributed by atoms with Crippen LogP contribution in [-0.2, 0) is 13.5 Å². The molecule has 0 spiro atoms. The number of H-pyrrole nitrogens is 1. The summed E-state index contributed by atoms with van der Waals surface area (Å²) in [4.78, 5) is 14.6. The van der Waals surface area contributed by atoms with E-state index in [1.807, 2.05) is 31.3 Å². The smallest absolute Gasteiger partial charge is 0.259 e. The molecule has 0 bridgehead atoms.